The summed E-state index contributed by atoms with van der Waals surface area (Å²) in [5.74, 6) is 0.0129. The standard InChI is InChI=1S/C15H21Cl2N3O3S.ClH/c1-11(18)2-5-15(21)19-6-8-20(9-7-19)24(22,23)12-3-4-13(16)14(17)10-12;/h3-4,10-11H,2,5-9,18H2,1H3;1H. The molecule has 1 unspecified atom stereocenters. The average molecular weight is 431 g/mol. The molecule has 0 spiro atoms. The summed E-state index contributed by atoms with van der Waals surface area (Å²) < 4.78 is 26.7. The molecular weight excluding hydrogens is 409 g/mol. The second kappa shape index (κ2) is 9.39. The molecule has 2 rings (SSSR count). The van der Waals surface area contributed by atoms with Crippen LogP contribution in [-0.4, -0.2) is 55.8 Å². The molecule has 1 fully saturated rings. The first kappa shape index (κ1) is 22.5. The van der Waals surface area contributed by atoms with E-state index >= 15 is 0 Å². The number of rotatable bonds is 5. The molecule has 1 amide bonds. The van der Waals surface area contributed by atoms with E-state index in [-0.39, 0.29) is 47.4 Å². The van der Waals surface area contributed by atoms with Crippen LogP contribution in [0.4, 0.5) is 0 Å². The second-order valence-electron chi connectivity index (χ2n) is 5.88. The molecule has 25 heavy (non-hydrogen) atoms. The number of piperazine rings is 1. The molecule has 1 atom stereocenters. The topological polar surface area (TPSA) is 83.7 Å². The number of carbonyl (C=O) groups excluding carboxylic acids is 1. The molecule has 1 saturated heterocycles. The van der Waals surface area contributed by atoms with E-state index in [2.05, 4.69) is 0 Å². The molecule has 1 aromatic rings. The molecule has 6 nitrogen and oxygen atoms in total. The minimum atomic E-state index is -3.64. The Balaban J connectivity index is 0.00000312. The number of nitrogens with two attached hydrogens (primary N) is 1. The zero-order chi connectivity index (χ0) is 17.9. The smallest absolute Gasteiger partial charge is 0.243 e. The Morgan fingerprint density at radius 1 is 1.20 bits per heavy atom. The highest BCUT2D eigenvalue weighted by atomic mass is 35.5. The highest BCUT2D eigenvalue weighted by Crippen LogP contribution is 2.27. The zero-order valence-corrected chi connectivity index (χ0v) is 17.0. The van der Waals surface area contributed by atoms with Gasteiger partial charge in [-0.2, -0.15) is 4.31 Å². The number of amides is 1. The third-order valence-electron chi connectivity index (χ3n) is 3.93. The van der Waals surface area contributed by atoms with Gasteiger partial charge in [0, 0.05) is 38.6 Å². The first-order chi connectivity index (χ1) is 11.2. The summed E-state index contributed by atoms with van der Waals surface area (Å²) in [7, 11) is -3.64. The van der Waals surface area contributed by atoms with Crippen LogP contribution in [0, 0.1) is 0 Å². The van der Waals surface area contributed by atoms with Gasteiger partial charge in [-0.25, -0.2) is 8.42 Å². The lowest BCUT2D eigenvalue weighted by Gasteiger charge is -2.34. The molecule has 1 aliphatic rings. The molecule has 0 radical (unpaired) electrons. The van der Waals surface area contributed by atoms with E-state index in [9.17, 15) is 13.2 Å². The average Bonchev–Trinajstić information content (AvgIpc) is 2.55. The Kier molecular flexibility index (Phi) is 8.44. The molecule has 0 saturated carbocycles. The van der Waals surface area contributed by atoms with Crippen molar-refractivity contribution in [2.45, 2.75) is 30.7 Å². The lowest BCUT2D eigenvalue weighted by molar-refractivity contribution is -0.132. The van der Waals surface area contributed by atoms with E-state index < -0.39 is 10.0 Å². The number of hydrogen-bond acceptors (Lipinski definition) is 4. The Bertz CT molecular complexity index is 705. The Labute approximate surface area is 164 Å². The van der Waals surface area contributed by atoms with E-state index in [1.54, 1.807) is 4.90 Å². The SMILES string of the molecule is CC(N)CCC(=O)N1CCN(S(=O)(=O)c2ccc(Cl)c(Cl)c2)CC1.Cl. The van der Waals surface area contributed by atoms with Gasteiger partial charge in [-0.05, 0) is 31.5 Å². The summed E-state index contributed by atoms with van der Waals surface area (Å²) in [4.78, 5) is 13.9. The lowest BCUT2D eigenvalue weighted by Crippen LogP contribution is -2.50. The molecule has 0 bridgehead atoms. The molecule has 10 heteroatoms. The Morgan fingerprint density at radius 2 is 1.80 bits per heavy atom. The van der Waals surface area contributed by atoms with Gasteiger partial charge in [-0.15, -0.1) is 12.4 Å². The van der Waals surface area contributed by atoms with Crippen molar-refractivity contribution in [3.05, 3.63) is 28.2 Å². The summed E-state index contributed by atoms with van der Waals surface area (Å²) in [6.45, 7) is 3.12. The molecule has 1 heterocycles. The number of sulfonamides is 1. The van der Waals surface area contributed by atoms with Crippen molar-refractivity contribution in [1.29, 1.82) is 0 Å². The fourth-order valence-corrected chi connectivity index (χ4v) is 4.29. The van der Waals surface area contributed by atoms with E-state index in [1.165, 1.54) is 22.5 Å². The third-order valence-corrected chi connectivity index (χ3v) is 6.57. The molecule has 0 aromatic heterocycles. The zero-order valence-electron chi connectivity index (χ0n) is 13.8. The first-order valence-electron chi connectivity index (χ1n) is 7.70. The summed E-state index contributed by atoms with van der Waals surface area (Å²) in [6.07, 6.45) is 1.01. The predicted molar refractivity (Wildman–Crippen MR) is 102 cm³/mol. The Hall–Kier alpha value is -0.570. The van der Waals surface area contributed by atoms with Gasteiger partial charge >= 0.3 is 0 Å². The minimum absolute atomic E-state index is 0. The van der Waals surface area contributed by atoms with Gasteiger partial charge in [-0.3, -0.25) is 4.79 Å². The van der Waals surface area contributed by atoms with Crippen LogP contribution in [0.25, 0.3) is 0 Å². The van der Waals surface area contributed by atoms with Crippen LogP contribution in [0.1, 0.15) is 19.8 Å². The fraction of sp³-hybridized carbons (Fsp3) is 0.533. The minimum Gasteiger partial charge on any atom is -0.340 e. The summed E-state index contributed by atoms with van der Waals surface area (Å²) in [5, 5.41) is 0.502. The van der Waals surface area contributed by atoms with Crippen LogP contribution in [-0.2, 0) is 14.8 Å². The number of benzene rings is 1. The highest BCUT2D eigenvalue weighted by molar-refractivity contribution is 7.89. The van der Waals surface area contributed by atoms with Gasteiger partial charge in [0.25, 0.3) is 0 Å². The maximum atomic E-state index is 12.6. The second-order valence-corrected chi connectivity index (χ2v) is 8.63. The van der Waals surface area contributed by atoms with Crippen molar-refractivity contribution < 1.29 is 13.2 Å². The first-order valence-corrected chi connectivity index (χ1v) is 9.90. The van der Waals surface area contributed by atoms with Crippen molar-refractivity contribution >= 4 is 51.5 Å². The monoisotopic (exact) mass is 429 g/mol. The van der Waals surface area contributed by atoms with Crippen LogP contribution in [0.2, 0.25) is 10.0 Å². The largest absolute Gasteiger partial charge is 0.340 e. The molecule has 1 aromatic carbocycles. The number of halogens is 3. The van der Waals surface area contributed by atoms with Crippen LogP contribution in [0.15, 0.2) is 23.1 Å². The van der Waals surface area contributed by atoms with Gasteiger partial charge in [0.15, 0.2) is 0 Å². The van der Waals surface area contributed by atoms with E-state index in [0.717, 1.165) is 0 Å². The molecular formula is C15H22Cl3N3O3S. The van der Waals surface area contributed by atoms with E-state index in [1.807, 2.05) is 6.92 Å². The van der Waals surface area contributed by atoms with Crippen LogP contribution in [0.5, 0.6) is 0 Å². The number of hydrogen-bond donors (Lipinski definition) is 1. The van der Waals surface area contributed by atoms with Gasteiger partial charge in [0.05, 0.1) is 14.9 Å². The van der Waals surface area contributed by atoms with Crippen LogP contribution in [0.3, 0.4) is 0 Å². The van der Waals surface area contributed by atoms with Crippen molar-refractivity contribution in [1.82, 2.24) is 9.21 Å². The molecule has 2 N–H and O–H groups in total. The van der Waals surface area contributed by atoms with Gasteiger partial charge in [0.2, 0.25) is 15.9 Å². The van der Waals surface area contributed by atoms with Crippen molar-refractivity contribution in [3.8, 4) is 0 Å². The maximum Gasteiger partial charge on any atom is 0.243 e. The Morgan fingerprint density at radius 3 is 2.32 bits per heavy atom. The predicted octanol–water partition coefficient (Wildman–Crippen LogP) is 2.38. The molecule has 0 aliphatic carbocycles. The summed E-state index contributed by atoms with van der Waals surface area (Å²) in [6, 6.07) is 4.22. The van der Waals surface area contributed by atoms with Crippen molar-refractivity contribution in [3.63, 3.8) is 0 Å². The van der Waals surface area contributed by atoms with Crippen LogP contribution < -0.4 is 5.73 Å². The van der Waals surface area contributed by atoms with Gasteiger partial charge < -0.3 is 10.6 Å². The van der Waals surface area contributed by atoms with Gasteiger partial charge in [-0.1, -0.05) is 23.2 Å². The fourth-order valence-electron chi connectivity index (χ4n) is 2.47. The van der Waals surface area contributed by atoms with E-state index in [0.29, 0.717) is 31.0 Å². The van der Waals surface area contributed by atoms with Crippen LogP contribution >= 0.6 is 35.6 Å². The van der Waals surface area contributed by atoms with Crippen molar-refractivity contribution in [2.75, 3.05) is 26.2 Å². The summed E-state index contributed by atoms with van der Waals surface area (Å²) in [5.41, 5.74) is 5.66. The highest BCUT2D eigenvalue weighted by Gasteiger charge is 2.30. The third kappa shape index (κ3) is 5.70. The number of carbonyl (C=O) groups is 1. The lowest BCUT2D eigenvalue weighted by atomic mass is 10.2. The quantitative estimate of drug-likeness (QED) is 0.777. The van der Waals surface area contributed by atoms with Crippen molar-refractivity contribution in [2.24, 2.45) is 5.73 Å². The van der Waals surface area contributed by atoms with Gasteiger partial charge in [0.1, 0.15) is 0 Å². The molecule has 142 valence electrons. The molecule has 1 aliphatic heterocycles. The normalized spacial score (nSPS) is 17.0. The number of nitrogens with zero attached hydrogens (tertiary/aromatic N) is 2. The maximum absolute atomic E-state index is 12.6. The summed E-state index contributed by atoms with van der Waals surface area (Å²) >= 11 is 11.7. The van der Waals surface area contributed by atoms with E-state index in [4.69, 9.17) is 28.9 Å².